The third-order valence-electron chi connectivity index (χ3n) is 5.53. The first-order valence-electron chi connectivity index (χ1n) is 10.3. The van der Waals surface area contributed by atoms with E-state index in [4.69, 9.17) is 0 Å². The van der Waals surface area contributed by atoms with Crippen molar-refractivity contribution in [3.05, 3.63) is 71.8 Å². The van der Waals surface area contributed by atoms with E-state index in [2.05, 4.69) is 5.32 Å². The molecule has 0 aliphatic carbocycles. The summed E-state index contributed by atoms with van der Waals surface area (Å²) in [5.74, 6) is -0.593. The molecule has 1 fully saturated rings. The maximum Gasteiger partial charge on any atom is 0.325 e. The van der Waals surface area contributed by atoms with E-state index in [9.17, 15) is 14.4 Å². The minimum Gasteiger partial charge on any atom is -0.334 e. The van der Waals surface area contributed by atoms with E-state index in [0.29, 0.717) is 19.4 Å². The lowest BCUT2D eigenvalue weighted by Crippen LogP contribution is -2.47. The van der Waals surface area contributed by atoms with Gasteiger partial charge in [0.1, 0.15) is 12.1 Å². The van der Waals surface area contributed by atoms with Gasteiger partial charge < -0.3 is 10.2 Å². The summed E-state index contributed by atoms with van der Waals surface area (Å²) in [6.07, 6.45) is 1.14. The Balaban J connectivity index is 1.66. The summed E-state index contributed by atoms with van der Waals surface area (Å²) in [4.78, 5) is 41.3. The number of rotatable bonds is 8. The number of urea groups is 1. The van der Waals surface area contributed by atoms with Gasteiger partial charge in [0.15, 0.2) is 0 Å². The van der Waals surface area contributed by atoms with Crippen LogP contribution in [0.3, 0.4) is 0 Å². The molecule has 1 heterocycles. The van der Waals surface area contributed by atoms with Crippen molar-refractivity contribution < 1.29 is 14.4 Å². The number of carbonyl (C=O) groups excluding carboxylic acids is 3. The van der Waals surface area contributed by atoms with Crippen molar-refractivity contribution in [2.75, 3.05) is 6.54 Å². The molecule has 0 radical (unpaired) electrons. The van der Waals surface area contributed by atoms with Gasteiger partial charge in [-0.25, -0.2) is 4.79 Å². The molecule has 1 aliphatic rings. The van der Waals surface area contributed by atoms with Crippen LogP contribution in [0.4, 0.5) is 4.79 Å². The SMILES string of the molecule is CC(C)N(Cc1ccccc1)C(=O)CN1C(=O)N[C@](C)(CCc2ccccc2)C1=O. The van der Waals surface area contributed by atoms with Crippen LogP contribution in [-0.2, 0) is 22.6 Å². The van der Waals surface area contributed by atoms with Gasteiger partial charge in [-0.2, -0.15) is 0 Å². The Morgan fingerprint density at radius 1 is 1.00 bits per heavy atom. The van der Waals surface area contributed by atoms with Gasteiger partial charge in [-0.15, -0.1) is 0 Å². The lowest BCUT2D eigenvalue weighted by molar-refractivity contribution is -0.140. The molecule has 0 aromatic heterocycles. The highest BCUT2D eigenvalue weighted by Crippen LogP contribution is 2.23. The van der Waals surface area contributed by atoms with Gasteiger partial charge in [0.2, 0.25) is 5.91 Å². The van der Waals surface area contributed by atoms with Crippen LogP contribution in [0.2, 0.25) is 0 Å². The number of nitrogens with one attached hydrogen (secondary N) is 1. The number of benzene rings is 2. The number of nitrogens with zero attached hydrogens (tertiary/aromatic N) is 2. The Kier molecular flexibility index (Phi) is 6.55. The van der Waals surface area contributed by atoms with Gasteiger partial charge in [0.05, 0.1) is 0 Å². The van der Waals surface area contributed by atoms with E-state index in [1.54, 1.807) is 11.8 Å². The van der Waals surface area contributed by atoms with Crippen LogP contribution in [0, 0.1) is 0 Å². The van der Waals surface area contributed by atoms with Crippen LogP contribution < -0.4 is 5.32 Å². The quantitative estimate of drug-likeness (QED) is 0.682. The second kappa shape index (κ2) is 9.11. The second-order valence-electron chi connectivity index (χ2n) is 8.24. The predicted octanol–water partition coefficient (Wildman–Crippen LogP) is 3.37. The molecular weight excluding hydrogens is 378 g/mol. The minimum atomic E-state index is -1.00. The number of aryl methyl sites for hydroxylation is 1. The molecule has 0 unspecified atom stereocenters. The maximum absolute atomic E-state index is 13.0. The zero-order valence-corrected chi connectivity index (χ0v) is 17.8. The lowest BCUT2D eigenvalue weighted by atomic mass is 9.93. The average molecular weight is 408 g/mol. The van der Waals surface area contributed by atoms with Gasteiger partial charge in [-0.1, -0.05) is 60.7 Å². The Morgan fingerprint density at radius 2 is 1.57 bits per heavy atom. The zero-order chi connectivity index (χ0) is 21.7. The molecule has 1 atom stereocenters. The van der Waals surface area contributed by atoms with Gasteiger partial charge >= 0.3 is 6.03 Å². The first kappa shape index (κ1) is 21.6. The molecule has 0 saturated carbocycles. The molecule has 2 aromatic carbocycles. The van der Waals surface area contributed by atoms with Crippen molar-refractivity contribution in [2.45, 2.75) is 51.7 Å². The molecule has 0 spiro atoms. The summed E-state index contributed by atoms with van der Waals surface area (Å²) in [6, 6.07) is 19.0. The fourth-order valence-electron chi connectivity index (χ4n) is 3.66. The molecular formula is C24H29N3O3. The molecule has 158 valence electrons. The van der Waals surface area contributed by atoms with E-state index in [1.807, 2.05) is 74.5 Å². The standard InChI is InChI=1S/C24H29N3O3/c1-18(2)26(16-20-12-8-5-9-13-20)21(28)17-27-22(29)24(3,25-23(27)30)15-14-19-10-6-4-7-11-19/h4-13,18H,14-17H2,1-3H3,(H,25,30)/t24-/m1/s1. The zero-order valence-electron chi connectivity index (χ0n) is 17.8. The number of imide groups is 1. The van der Waals surface area contributed by atoms with Crippen molar-refractivity contribution >= 4 is 17.8 Å². The first-order chi connectivity index (χ1) is 14.3. The fourth-order valence-corrected chi connectivity index (χ4v) is 3.66. The molecule has 3 rings (SSSR count). The van der Waals surface area contributed by atoms with Crippen LogP contribution in [0.15, 0.2) is 60.7 Å². The van der Waals surface area contributed by atoms with E-state index in [-0.39, 0.29) is 24.4 Å². The molecule has 1 aliphatic heterocycles. The molecule has 1 saturated heterocycles. The number of amides is 4. The Bertz CT molecular complexity index is 898. The van der Waals surface area contributed by atoms with E-state index >= 15 is 0 Å². The summed E-state index contributed by atoms with van der Waals surface area (Å²) in [5, 5.41) is 2.79. The molecule has 0 bridgehead atoms. The monoisotopic (exact) mass is 407 g/mol. The predicted molar refractivity (Wildman–Crippen MR) is 116 cm³/mol. The van der Waals surface area contributed by atoms with Crippen molar-refractivity contribution in [1.29, 1.82) is 0 Å². The highest BCUT2D eigenvalue weighted by atomic mass is 16.2. The highest BCUT2D eigenvalue weighted by molar-refractivity contribution is 6.08. The number of hydrogen-bond acceptors (Lipinski definition) is 3. The Labute approximate surface area is 177 Å². The van der Waals surface area contributed by atoms with Gasteiger partial charge in [-0.3, -0.25) is 14.5 Å². The molecule has 6 nitrogen and oxygen atoms in total. The summed E-state index contributed by atoms with van der Waals surface area (Å²) in [7, 11) is 0. The summed E-state index contributed by atoms with van der Waals surface area (Å²) in [6.45, 7) is 5.76. The smallest absolute Gasteiger partial charge is 0.325 e. The number of carbonyl (C=O) groups is 3. The van der Waals surface area contributed by atoms with Crippen LogP contribution >= 0.6 is 0 Å². The fraction of sp³-hybridized carbons (Fsp3) is 0.375. The minimum absolute atomic E-state index is 0.0528. The normalized spacial score (nSPS) is 18.6. The van der Waals surface area contributed by atoms with Crippen molar-refractivity contribution in [3.8, 4) is 0 Å². The number of hydrogen-bond donors (Lipinski definition) is 1. The van der Waals surface area contributed by atoms with Crippen molar-refractivity contribution in [1.82, 2.24) is 15.1 Å². The highest BCUT2D eigenvalue weighted by Gasteiger charge is 2.48. The van der Waals surface area contributed by atoms with Crippen molar-refractivity contribution in [2.24, 2.45) is 0 Å². The van der Waals surface area contributed by atoms with Crippen LogP contribution in [-0.4, -0.2) is 45.8 Å². The van der Waals surface area contributed by atoms with Gasteiger partial charge in [-0.05, 0) is 44.7 Å². The van der Waals surface area contributed by atoms with Crippen LogP contribution in [0.5, 0.6) is 0 Å². The molecule has 30 heavy (non-hydrogen) atoms. The largest absolute Gasteiger partial charge is 0.334 e. The molecule has 4 amide bonds. The van der Waals surface area contributed by atoms with Crippen LogP contribution in [0.25, 0.3) is 0 Å². The summed E-state index contributed by atoms with van der Waals surface area (Å²) >= 11 is 0. The Hall–Kier alpha value is -3.15. The molecule has 2 aromatic rings. The topological polar surface area (TPSA) is 69.7 Å². The molecule has 6 heteroatoms. The summed E-state index contributed by atoms with van der Waals surface area (Å²) < 4.78 is 0. The van der Waals surface area contributed by atoms with Gasteiger partial charge in [0.25, 0.3) is 5.91 Å². The summed E-state index contributed by atoms with van der Waals surface area (Å²) in [5.41, 5.74) is 1.10. The second-order valence-corrected chi connectivity index (χ2v) is 8.24. The van der Waals surface area contributed by atoms with Crippen molar-refractivity contribution in [3.63, 3.8) is 0 Å². The first-order valence-corrected chi connectivity index (χ1v) is 10.3. The Morgan fingerprint density at radius 3 is 2.13 bits per heavy atom. The lowest BCUT2D eigenvalue weighted by Gasteiger charge is -2.28. The van der Waals surface area contributed by atoms with Crippen LogP contribution in [0.1, 0.15) is 38.3 Å². The van der Waals surface area contributed by atoms with E-state index in [1.165, 1.54) is 0 Å². The maximum atomic E-state index is 13.0. The van der Waals surface area contributed by atoms with E-state index in [0.717, 1.165) is 16.0 Å². The van der Waals surface area contributed by atoms with E-state index < -0.39 is 11.6 Å². The van der Waals surface area contributed by atoms with Gasteiger partial charge in [0, 0.05) is 12.6 Å². The average Bonchev–Trinajstić information content (AvgIpc) is 2.95. The third kappa shape index (κ3) is 4.87. The molecule has 1 N–H and O–H groups in total. The third-order valence-corrected chi connectivity index (χ3v) is 5.53.